The molecular weight excluding hydrogens is 389 g/mol. The molecule has 1 heterocycles. The lowest BCUT2D eigenvalue weighted by atomic mass is 10.1. The van der Waals surface area contributed by atoms with Gasteiger partial charge in [-0.25, -0.2) is 4.39 Å². The van der Waals surface area contributed by atoms with Crippen molar-refractivity contribution in [2.24, 2.45) is 0 Å². The van der Waals surface area contributed by atoms with Gasteiger partial charge in [-0.3, -0.25) is 4.79 Å². The van der Waals surface area contributed by atoms with Gasteiger partial charge in [-0.1, -0.05) is 35.5 Å². The minimum Gasteiger partial charge on any atom is -0.355 e. The zero-order valence-corrected chi connectivity index (χ0v) is 16.0. The Morgan fingerprint density at radius 3 is 2.63 bits per heavy atom. The third-order valence-corrected chi connectivity index (χ3v) is 5.07. The zero-order chi connectivity index (χ0) is 19.2. The highest BCUT2D eigenvalue weighted by molar-refractivity contribution is 8.00. The summed E-state index contributed by atoms with van der Waals surface area (Å²) in [6.45, 7) is 2.26. The lowest BCUT2D eigenvalue weighted by Gasteiger charge is -2.12. The zero-order valence-electron chi connectivity index (χ0n) is 14.5. The van der Waals surface area contributed by atoms with E-state index in [0.29, 0.717) is 23.1 Å². The van der Waals surface area contributed by atoms with Crippen LogP contribution in [0.4, 0.5) is 4.39 Å². The highest BCUT2D eigenvalue weighted by Crippen LogP contribution is 2.23. The number of rotatable bonds is 7. The first-order valence-corrected chi connectivity index (χ1v) is 9.52. The van der Waals surface area contributed by atoms with E-state index in [1.807, 2.05) is 0 Å². The molecule has 3 aromatic rings. The smallest absolute Gasteiger partial charge is 0.233 e. The fraction of sp³-hybridized carbons (Fsp3) is 0.222. The van der Waals surface area contributed by atoms with Crippen molar-refractivity contribution in [1.82, 2.24) is 25.5 Å². The lowest BCUT2D eigenvalue weighted by molar-refractivity contribution is -0.120. The number of hydrogen-bond donors (Lipinski definition) is 1. The highest BCUT2D eigenvalue weighted by Gasteiger charge is 2.19. The van der Waals surface area contributed by atoms with Crippen molar-refractivity contribution in [3.63, 3.8) is 0 Å². The topological polar surface area (TPSA) is 72.7 Å². The number of amides is 1. The Morgan fingerprint density at radius 2 is 1.93 bits per heavy atom. The largest absolute Gasteiger partial charge is 0.355 e. The molecule has 0 unspecified atom stereocenters. The number of hydrogen-bond acceptors (Lipinski definition) is 5. The van der Waals surface area contributed by atoms with E-state index < -0.39 is 0 Å². The van der Waals surface area contributed by atoms with Gasteiger partial charge in [0.1, 0.15) is 5.82 Å². The van der Waals surface area contributed by atoms with Gasteiger partial charge in [0.2, 0.25) is 11.1 Å². The minimum absolute atomic E-state index is 0.118. The van der Waals surface area contributed by atoms with E-state index in [4.69, 9.17) is 11.6 Å². The molecule has 1 N–H and O–H groups in total. The Labute approximate surface area is 165 Å². The van der Waals surface area contributed by atoms with Crippen LogP contribution in [0.5, 0.6) is 0 Å². The van der Waals surface area contributed by atoms with Gasteiger partial charge in [-0.15, -0.1) is 5.10 Å². The van der Waals surface area contributed by atoms with Crippen LogP contribution in [0.1, 0.15) is 12.5 Å². The number of carbonyl (C=O) groups is 1. The quantitative estimate of drug-likeness (QED) is 0.610. The maximum absolute atomic E-state index is 12.9. The van der Waals surface area contributed by atoms with Crippen LogP contribution in [0.15, 0.2) is 53.7 Å². The molecule has 0 radical (unpaired) electrons. The van der Waals surface area contributed by atoms with Gasteiger partial charge in [-0.05, 0) is 65.7 Å². The average molecular weight is 406 g/mol. The summed E-state index contributed by atoms with van der Waals surface area (Å²) in [6, 6.07) is 13.3. The summed E-state index contributed by atoms with van der Waals surface area (Å²) in [6.07, 6.45) is 0.631. The fourth-order valence-corrected chi connectivity index (χ4v) is 3.29. The molecule has 1 atom stereocenters. The Morgan fingerprint density at radius 1 is 1.22 bits per heavy atom. The molecule has 2 aromatic carbocycles. The molecule has 140 valence electrons. The van der Waals surface area contributed by atoms with Crippen molar-refractivity contribution in [2.75, 3.05) is 6.54 Å². The molecule has 3 rings (SSSR count). The second-order valence-corrected chi connectivity index (χ2v) is 7.52. The van der Waals surface area contributed by atoms with Gasteiger partial charge in [0.05, 0.1) is 10.9 Å². The lowest BCUT2D eigenvalue weighted by Crippen LogP contribution is -2.32. The standard InChI is InChI=1S/C18H17ClFN5OS/c1-12(17(26)21-11-10-13-2-6-15(20)7-3-13)27-18-22-23-24-25(18)16-8-4-14(19)5-9-16/h2-9,12H,10-11H2,1H3,(H,21,26)/t12-/m0/s1. The molecule has 0 saturated heterocycles. The normalized spacial score (nSPS) is 12.0. The van der Waals surface area contributed by atoms with Crippen molar-refractivity contribution in [1.29, 1.82) is 0 Å². The number of aromatic nitrogens is 4. The molecule has 9 heteroatoms. The molecule has 1 aromatic heterocycles. The van der Waals surface area contributed by atoms with Crippen LogP contribution in [0.3, 0.4) is 0 Å². The molecular formula is C18H17ClFN5OS. The molecule has 1 amide bonds. The number of nitrogens with one attached hydrogen (secondary N) is 1. The summed E-state index contributed by atoms with van der Waals surface area (Å²) in [5.41, 5.74) is 1.72. The monoisotopic (exact) mass is 405 g/mol. The summed E-state index contributed by atoms with van der Waals surface area (Å²) in [5, 5.41) is 15.3. The summed E-state index contributed by atoms with van der Waals surface area (Å²) in [7, 11) is 0. The third-order valence-electron chi connectivity index (χ3n) is 3.79. The van der Waals surface area contributed by atoms with Crippen LogP contribution in [-0.4, -0.2) is 37.9 Å². The van der Waals surface area contributed by atoms with Crippen LogP contribution in [0.2, 0.25) is 5.02 Å². The van der Waals surface area contributed by atoms with E-state index in [1.165, 1.54) is 23.9 Å². The predicted octanol–water partition coefficient (Wildman–Crippen LogP) is 3.29. The van der Waals surface area contributed by atoms with Crippen molar-refractivity contribution < 1.29 is 9.18 Å². The Bertz CT molecular complexity index is 901. The fourth-order valence-electron chi connectivity index (χ4n) is 2.33. The SMILES string of the molecule is C[C@H](Sc1nnnn1-c1ccc(Cl)cc1)C(=O)NCCc1ccc(F)cc1. The van der Waals surface area contributed by atoms with E-state index in [9.17, 15) is 9.18 Å². The predicted molar refractivity (Wildman–Crippen MR) is 103 cm³/mol. The van der Waals surface area contributed by atoms with Crippen molar-refractivity contribution in [2.45, 2.75) is 23.8 Å². The van der Waals surface area contributed by atoms with Crippen LogP contribution in [0.25, 0.3) is 5.69 Å². The molecule has 0 aliphatic rings. The first kappa shape index (κ1) is 19.3. The number of tetrazole rings is 1. The Balaban J connectivity index is 1.55. The van der Waals surface area contributed by atoms with E-state index in [1.54, 1.807) is 48.0 Å². The second-order valence-electron chi connectivity index (χ2n) is 5.78. The molecule has 6 nitrogen and oxygen atoms in total. The van der Waals surface area contributed by atoms with E-state index in [-0.39, 0.29) is 17.0 Å². The number of benzene rings is 2. The summed E-state index contributed by atoms with van der Waals surface area (Å²) in [4.78, 5) is 12.3. The maximum atomic E-state index is 12.9. The van der Waals surface area contributed by atoms with Gasteiger partial charge in [0.15, 0.2) is 0 Å². The van der Waals surface area contributed by atoms with Gasteiger partial charge in [0.25, 0.3) is 0 Å². The Hall–Kier alpha value is -2.45. The molecule has 27 heavy (non-hydrogen) atoms. The number of carbonyl (C=O) groups excluding carboxylic acids is 1. The van der Waals surface area contributed by atoms with Crippen molar-refractivity contribution in [3.8, 4) is 5.69 Å². The van der Waals surface area contributed by atoms with E-state index >= 15 is 0 Å². The number of halogens is 2. The molecule has 0 aliphatic carbocycles. The highest BCUT2D eigenvalue weighted by atomic mass is 35.5. The molecule has 0 bridgehead atoms. The maximum Gasteiger partial charge on any atom is 0.233 e. The second kappa shape index (κ2) is 8.96. The van der Waals surface area contributed by atoms with E-state index in [0.717, 1.165) is 11.3 Å². The van der Waals surface area contributed by atoms with Crippen LogP contribution in [0, 0.1) is 5.82 Å². The first-order chi connectivity index (χ1) is 13.0. The molecule has 0 fully saturated rings. The first-order valence-electron chi connectivity index (χ1n) is 8.26. The average Bonchev–Trinajstić information content (AvgIpc) is 3.12. The molecule has 0 aliphatic heterocycles. The van der Waals surface area contributed by atoms with Crippen molar-refractivity contribution in [3.05, 3.63) is 64.9 Å². The summed E-state index contributed by atoms with van der Waals surface area (Å²) in [5.74, 6) is -0.390. The minimum atomic E-state index is -0.379. The van der Waals surface area contributed by atoms with Gasteiger partial charge < -0.3 is 5.32 Å². The number of nitrogens with zero attached hydrogens (tertiary/aromatic N) is 4. The third kappa shape index (κ3) is 5.27. The number of thioether (sulfide) groups is 1. The summed E-state index contributed by atoms with van der Waals surface area (Å²) >= 11 is 7.17. The van der Waals surface area contributed by atoms with Gasteiger partial charge >= 0.3 is 0 Å². The van der Waals surface area contributed by atoms with Crippen molar-refractivity contribution >= 4 is 29.3 Å². The van der Waals surface area contributed by atoms with Gasteiger partial charge in [-0.2, -0.15) is 4.68 Å². The van der Waals surface area contributed by atoms with Crippen LogP contribution < -0.4 is 5.32 Å². The summed E-state index contributed by atoms with van der Waals surface area (Å²) < 4.78 is 14.5. The van der Waals surface area contributed by atoms with Gasteiger partial charge in [0, 0.05) is 11.6 Å². The van der Waals surface area contributed by atoms with Crippen LogP contribution >= 0.6 is 23.4 Å². The molecule has 0 spiro atoms. The van der Waals surface area contributed by atoms with Crippen LogP contribution in [-0.2, 0) is 11.2 Å². The molecule has 0 saturated carbocycles. The Kier molecular flexibility index (Phi) is 6.41. The van der Waals surface area contributed by atoms with E-state index in [2.05, 4.69) is 20.8 Å².